The van der Waals surface area contributed by atoms with Crippen LogP contribution in [0, 0.1) is 0 Å². The minimum Gasteiger partial charge on any atom is -0.478 e. The second kappa shape index (κ2) is 7.91. The van der Waals surface area contributed by atoms with Crippen LogP contribution in [0.4, 0.5) is 0 Å². The summed E-state index contributed by atoms with van der Waals surface area (Å²) in [5.74, 6) is 1.15. The number of ether oxygens (including phenoxy) is 2. The van der Waals surface area contributed by atoms with E-state index < -0.39 is 5.60 Å². The minimum atomic E-state index is -0.950. The van der Waals surface area contributed by atoms with Gasteiger partial charge in [-0.25, -0.2) is 9.97 Å². The van der Waals surface area contributed by atoms with E-state index in [0.717, 1.165) is 12.8 Å². The number of rotatable bonds is 5. The smallest absolute Gasteiger partial charge is 0.266 e. The summed E-state index contributed by atoms with van der Waals surface area (Å²) < 4.78 is 11.7. The molecule has 2 heterocycles. The number of piperidine rings is 1. The second-order valence-electron chi connectivity index (χ2n) is 6.72. The minimum absolute atomic E-state index is 0.0343. The van der Waals surface area contributed by atoms with Gasteiger partial charge in [0.1, 0.15) is 18.2 Å². The largest absolute Gasteiger partial charge is 0.478 e. The Morgan fingerprint density at radius 3 is 2.50 bits per heavy atom. The van der Waals surface area contributed by atoms with Crippen molar-refractivity contribution in [1.82, 2.24) is 14.9 Å². The summed E-state index contributed by atoms with van der Waals surface area (Å²) in [4.78, 5) is 22.6. The highest BCUT2D eigenvalue weighted by molar-refractivity contribution is 6.30. The van der Waals surface area contributed by atoms with Crippen molar-refractivity contribution in [3.63, 3.8) is 0 Å². The third-order valence-corrected chi connectivity index (χ3v) is 4.53. The number of likely N-dealkylation sites (tertiary alicyclic amines) is 1. The number of hydrogen-bond acceptors (Lipinski definition) is 5. The Labute approximate surface area is 158 Å². The lowest BCUT2D eigenvalue weighted by atomic mass is 10.0. The maximum atomic E-state index is 12.9. The lowest BCUT2D eigenvalue weighted by Crippen LogP contribution is -2.52. The van der Waals surface area contributed by atoms with Crippen molar-refractivity contribution in [2.45, 2.75) is 38.4 Å². The van der Waals surface area contributed by atoms with Crippen LogP contribution >= 0.6 is 11.6 Å². The van der Waals surface area contributed by atoms with Gasteiger partial charge in [0.05, 0.1) is 0 Å². The van der Waals surface area contributed by atoms with Crippen LogP contribution in [0.5, 0.6) is 11.6 Å². The highest BCUT2D eigenvalue weighted by Gasteiger charge is 2.36. The van der Waals surface area contributed by atoms with Crippen molar-refractivity contribution in [3.05, 3.63) is 47.9 Å². The fraction of sp³-hybridized carbons (Fsp3) is 0.421. The third kappa shape index (κ3) is 4.64. The number of aromatic nitrogens is 2. The molecule has 138 valence electrons. The molecule has 1 aromatic carbocycles. The van der Waals surface area contributed by atoms with Gasteiger partial charge in [-0.05, 0) is 38.1 Å². The molecule has 6 nitrogen and oxygen atoms in total. The first kappa shape index (κ1) is 18.5. The molecule has 0 radical (unpaired) electrons. The normalized spacial score (nSPS) is 15.6. The molecule has 2 aromatic rings. The van der Waals surface area contributed by atoms with E-state index in [9.17, 15) is 4.79 Å². The number of nitrogens with zero attached hydrogens (tertiary/aromatic N) is 3. The quantitative estimate of drug-likeness (QED) is 0.801. The summed E-state index contributed by atoms with van der Waals surface area (Å²) in [6.45, 7) is 4.82. The monoisotopic (exact) mass is 375 g/mol. The van der Waals surface area contributed by atoms with Gasteiger partial charge in [0, 0.05) is 43.2 Å². The third-order valence-electron chi connectivity index (χ3n) is 4.27. The Morgan fingerprint density at radius 1 is 1.19 bits per heavy atom. The zero-order valence-electron chi connectivity index (χ0n) is 14.9. The van der Waals surface area contributed by atoms with Gasteiger partial charge in [-0.15, -0.1) is 0 Å². The van der Waals surface area contributed by atoms with Gasteiger partial charge in [-0.1, -0.05) is 11.6 Å². The van der Waals surface area contributed by atoms with Gasteiger partial charge in [0.15, 0.2) is 5.60 Å². The van der Waals surface area contributed by atoms with Crippen LogP contribution in [0.1, 0.15) is 26.7 Å². The summed E-state index contributed by atoms with van der Waals surface area (Å²) in [7, 11) is 0. The van der Waals surface area contributed by atoms with Crippen molar-refractivity contribution in [3.8, 4) is 11.6 Å². The highest BCUT2D eigenvalue weighted by Crippen LogP contribution is 2.24. The van der Waals surface area contributed by atoms with Gasteiger partial charge < -0.3 is 14.4 Å². The van der Waals surface area contributed by atoms with Crippen LogP contribution in [0.3, 0.4) is 0 Å². The van der Waals surface area contributed by atoms with Gasteiger partial charge >= 0.3 is 0 Å². The molecule has 7 heteroatoms. The average molecular weight is 376 g/mol. The topological polar surface area (TPSA) is 64.5 Å². The Bertz CT molecular complexity index is 729. The molecule has 1 fully saturated rings. The van der Waals surface area contributed by atoms with Crippen LogP contribution in [-0.4, -0.2) is 45.6 Å². The molecule has 0 aliphatic carbocycles. The number of amides is 1. The van der Waals surface area contributed by atoms with E-state index in [0.29, 0.717) is 29.7 Å². The number of hydrogen-bond donors (Lipinski definition) is 0. The lowest BCUT2D eigenvalue weighted by molar-refractivity contribution is -0.147. The van der Waals surface area contributed by atoms with Crippen LogP contribution in [0.2, 0.25) is 5.02 Å². The van der Waals surface area contributed by atoms with Crippen molar-refractivity contribution < 1.29 is 14.3 Å². The lowest BCUT2D eigenvalue weighted by Gasteiger charge is -2.36. The second-order valence-corrected chi connectivity index (χ2v) is 7.16. The van der Waals surface area contributed by atoms with E-state index in [1.54, 1.807) is 50.4 Å². The molecule has 1 saturated heterocycles. The van der Waals surface area contributed by atoms with Gasteiger partial charge in [-0.2, -0.15) is 0 Å². The fourth-order valence-electron chi connectivity index (χ4n) is 2.92. The predicted molar refractivity (Wildman–Crippen MR) is 98.4 cm³/mol. The molecule has 0 N–H and O–H groups in total. The molecule has 1 aliphatic heterocycles. The Balaban J connectivity index is 1.54. The Kier molecular flexibility index (Phi) is 5.61. The van der Waals surface area contributed by atoms with Crippen molar-refractivity contribution in [1.29, 1.82) is 0 Å². The van der Waals surface area contributed by atoms with E-state index in [2.05, 4.69) is 9.97 Å². The van der Waals surface area contributed by atoms with E-state index in [4.69, 9.17) is 21.1 Å². The Hall–Kier alpha value is -2.34. The summed E-state index contributed by atoms with van der Waals surface area (Å²) >= 11 is 5.89. The van der Waals surface area contributed by atoms with Crippen molar-refractivity contribution >= 4 is 17.5 Å². The zero-order valence-corrected chi connectivity index (χ0v) is 15.6. The maximum absolute atomic E-state index is 12.9. The summed E-state index contributed by atoms with van der Waals surface area (Å²) in [6, 6.07) is 8.75. The van der Waals surface area contributed by atoms with Gasteiger partial charge in [0.2, 0.25) is 5.88 Å². The van der Waals surface area contributed by atoms with Crippen molar-refractivity contribution in [2.24, 2.45) is 0 Å². The molecule has 0 spiro atoms. The highest BCUT2D eigenvalue weighted by atomic mass is 35.5. The predicted octanol–water partition coefficient (Wildman–Crippen LogP) is 3.36. The van der Waals surface area contributed by atoms with Gasteiger partial charge in [-0.3, -0.25) is 4.79 Å². The van der Waals surface area contributed by atoms with Crippen LogP contribution < -0.4 is 9.47 Å². The molecular formula is C19H22ClN3O3. The maximum Gasteiger partial charge on any atom is 0.266 e. The fourth-order valence-corrected chi connectivity index (χ4v) is 3.04. The first-order valence-electron chi connectivity index (χ1n) is 8.61. The van der Waals surface area contributed by atoms with Crippen LogP contribution in [0.25, 0.3) is 0 Å². The average Bonchev–Trinajstić information content (AvgIpc) is 2.64. The van der Waals surface area contributed by atoms with E-state index in [1.165, 1.54) is 6.33 Å². The molecule has 0 bridgehead atoms. The molecule has 3 rings (SSSR count). The molecule has 1 aromatic heterocycles. The molecule has 1 aliphatic rings. The Morgan fingerprint density at radius 2 is 1.88 bits per heavy atom. The molecule has 0 unspecified atom stereocenters. The first-order chi connectivity index (χ1) is 12.4. The molecule has 0 saturated carbocycles. The van der Waals surface area contributed by atoms with E-state index in [-0.39, 0.29) is 12.0 Å². The summed E-state index contributed by atoms with van der Waals surface area (Å²) in [5.41, 5.74) is -0.950. The first-order valence-corrected chi connectivity index (χ1v) is 8.98. The van der Waals surface area contributed by atoms with Crippen LogP contribution in [0.15, 0.2) is 42.9 Å². The SMILES string of the molecule is CC(C)(Oc1ccc(Cl)cc1)C(=O)N1CCC(Oc2ccncn2)CC1. The standard InChI is InChI=1S/C19H22ClN3O3/c1-19(2,26-16-5-3-14(20)4-6-16)18(24)23-11-8-15(9-12-23)25-17-7-10-21-13-22-17/h3-7,10,13,15H,8-9,11-12H2,1-2H3. The summed E-state index contributed by atoms with van der Waals surface area (Å²) in [6.07, 6.45) is 4.68. The van der Waals surface area contributed by atoms with Crippen molar-refractivity contribution in [2.75, 3.05) is 13.1 Å². The van der Waals surface area contributed by atoms with E-state index >= 15 is 0 Å². The number of carbonyl (C=O) groups is 1. The number of benzene rings is 1. The zero-order chi connectivity index (χ0) is 18.6. The van der Waals surface area contributed by atoms with Crippen LogP contribution in [-0.2, 0) is 4.79 Å². The number of carbonyl (C=O) groups excluding carboxylic acids is 1. The molecule has 26 heavy (non-hydrogen) atoms. The molecular weight excluding hydrogens is 354 g/mol. The van der Waals surface area contributed by atoms with E-state index in [1.807, 2.05) is 4.90 Å². The molecule has 0 atom stereocenters. The molecule has 1 amide bonds. The van der Waals surface area contributed by atoms with Gasteiger partial charge in [0.25, 0.3) is 5.91 Å². The summed E-state index contributed by atoms with van der Waals surface area (Å²) in [5, 5.41) is 0.632. The number of halogens is 1.